The summed E-state index contributed by atoms with van der Waals surface area (Å²) in [6, 6.07) is 4.25. The lowest BCUT2D eigenvalue weighted by molar-refractivity contribution is 0.601. The van der Waals surface area contributed by atoms with Crippen molar-refractivity contribution in [2.45, 2.75) is 4.90 Å². The van der Waals surface area contributed by atoms with E-state index < -0.39 is 10.0 Å². The lowest BCUT2D eigenvalue weighted by Gasteiger charge is -2.08. The molecule has 2 rings (SSSR count). The molecule has 0 amide bonds. The van der Waals surface area contributed by atoms with Crippen molar-refractivity contribution in [3.05, 3.63) is 35.6 Å². The zero-order valence-corrected chi connectivity index (χ0v) is 10.1. The number of nitrogens with two attached hydrogens (primary N) is 1. The van der Waals surface area contributed by atoms with Crippen molar-refractivity contribution >= 4 is 33.0 Å². The summed E-state index contributed by atoms with van der Waals surface area (Å²) in [5, 5.41) is 6.42. The van der Waals surface area contributed by atoms with Crippen molar-refractivity contribution < 1.29 is 8.42 Å². The van der Waals surface area contributed by atoms with E-state index in [4.69, 9.17) is 17.3 Å². The molecule has 1 aromatic carbocycles. The Balaban J connectivity index is 2.41. The van der Waals surface area contributed by atoms with Crippen LogP contribution in [0.2, 0.25) is 5.02 Å². The first-order valence-corrected chi connectivity index (χ1v) is 6.42. The number of anilines is 2. The van der Waals surface area contributed by atoms with Crippen molar-refractivity contribution in [3.8, 4) is 0 Å². The lowest BCUT2D eigenvalue weighted by Crippen LogP contribution is -2.14. The molecule has 0 bridgehead atoms. The van der Waals surface area contributed by atoms with Gasteiger partial charge in [-0.15, -0.1) is 0 Å². The Morgan fingerprint density at radius 1 is 1.41 bits per heavy atom. The van der Waals surface area contributed by atoms with Crippen LogP contribution in [0.5, 0.6) is 0 Å². The van der Waals surface area contributed by atoms with E-state index >= 15 is 0 Å². The van der Waals surface area contributed by atoms with E-state index in [9.17, 15) is 8.42 Å². The number of benzene rings is 1. The molecule has 1 heterocycles. The fraction of sp³-hybridized carbons (Fsp3) is 0. The van der Waals surface area contributed by atoms with E-state index in [-0.39, 0.29) is 10.6 Å². The van der Waals surface area contributed by atoms with Gasteiger partial charge in [0.15, 0.2) is 0 Å². The van der Waals surface area contributed by atoms with Crippen LogP contribution in [0.1, 0.15) is 0 Å². The molecule has 90 valence electrons. The van der Waals surface area contributed by atoms with Crippen LogP contribution in [0.15, 0.2) is 35.5 Å². The number of nitrogens with one attached hydrogen (secondary N) is 2. The van der Waals surface area contributed by atoms with Crippen LogP contribution in [0, 0.1) is 0 Å². The van der Waals surface area contributed by atoms with Gasteiger partial charge < -0.3 is 5.73 Å². The molecule has 6 nitrogen and oxygen atoms in total. The van der Waals surface area contributed by atoms with Gasteiger partial charge in [0.2, 0.25) is 0 Å². The first-order chi connectivity index (χ1) is 7.99. The smallest absolute Gasteiger partial charge is 0.264 e. The molecular formula is C9H9ClN4O2S. The number of sulfonamides is 1. The van der Waals surface area contributed by atoms with E-state index in [1.54, 1.807) is 0 Å². The molecule has 4 N–H and O–H groups in total. The van der Waals surface area contributed by atoms with Crippen LogP contribution in [-0.2, 0) is 10.0 Å². The number of halogens is 1. The van der Waals surface area contributed by atoms with Crippen LogP contribution in [0.25, 0.3) is 0 Å². The zero-order chi connectivity index (χ0) is 12.5. The monoisotopic (exact) mass is 272 g/mol. The number of aromatic amines is 1. The molecule has 0 saturated carbocycles. The highest BCUT2D eigenvalue weighted by molar-refractivity contribution is 7.92. The number of H-pyrrole nitrogens is 1. The minimum atomic E-state index is -3.76. The predicted molar refractivity (Wildman–Crippen MR) is 65.3 cm³/mol. The van der Waals surface area contributed by atoms with Crippen molar-refractivity contribution in [2.75, 3.05) is 10.5 Å². The van der Waals surface area contributed by atoms with Gasteiger partial charge in [0.25, 0.3) is 10.0 Å². The zero-order valence-electron chi connectivity index (χ0n) is 8.51. The minimum Gasteiger partial charge on any atom is -0.398 e. The second kappa shape index (κ2) is 4.27. The van der Waals surface area contributed by atoms with Gasteiger partial charge in [-0.1, -0.05) is 11.6 Å². The van der Waals surface area contributed by atoms with Crippen molar-refractivity contribution in [2.24, 2.45) is 0 Å². The molecule has 0 fully saturated rings. The molecule has 0 unspecified atom stereocenters. The Hall–Kier alpha value is -1.73. The van der Waals surface area contributed by atoms with Crippen LogP contribution in [-0.4, -0.2) is 18.6 Å². The average Bonchev–Trinajstić information content (AvgIpc) is 2.73. The van der Waals surface area contributed by atoms with Crippen LogP contribution in [0.3, 0.4) is 0 Å². The number of aromatic nitrogens is 2. The third kappa shape index (κ3) is 2.51. The molecule has 0 saturated heterocycles. The molecule has 8 heteroatoms. The van der Waals surface area contributed by atoms with E-state index in [1.807, 2.05) is 0 Å². The summed E-state index contributed by atoms with van der Waals surface area (Å²) in [6.07, 6.45) is 2.76. The van der Waals surface area contributed by atoms with Crippen LogP contribution >= 0.6 is 11.6 Å². The summed E-state index contributed by atoms with van der Waals surface area (Å²) >= 11 is 5.74. The van der Waals surface area contributed by atoms with Crippen molar-refractivity contribution in [1.82, 2.24) is 10.2 Å². The van der Waals surface area contributed by atoms with Gasteiger partial charge in [-0.2, -0.15) is 5.10 Å². The standard InChI is InChI=1S/C9H9ClN4O2S/c10-6-1-2-8(11)9(3-6)17(15,16)14-7-4-12-13-5-7/h1-5,14H,11H2,(H,12,13). The Labute approximate surface area is 103 Å². The molecule has 0 radical (unpaired) electrons. The molecule has 17 heavy (non-hydrogen) atoms. The SMILES string of the molecule is Nc1ccc(Cl)cc1S(=O)(=O)Nc1cn[nH]c1. The Morgan fingerprint density at radius 3 is 2.82 bits per heavy atom. The Morgan fingerprint density at radius 2 is 2.18 bits per heavy atom. The normalized spacial score (nSPS) is 11.4. The van der Waals surface area contributed by atoms with E-state index in [0.29, 0.717) is 10.7 Å². The Bertz CT molecular complexity index is 624. The van der Waals surface area contributed by atoms with Gasteiger partial charge in [0.1, 0.15) is 4.90 Å². The summed E-state index contributed by atoms with van der Waals surface area (Å²) in [5.41, 5.74) is 6.06. The maximum Gasteiger partial charge on any atom is 0.264 e. The first kappa shape index (κ1) is 11.7. The maximum absolute atomic E-state index is 12.0. The quantitative estimate of drug-likeness (QED) is 0.736. The van der Waals surface area contributed by atoms with Gasteiger partial charge in [-0.25, -0.2) is 8.42 Å². The number of hydrogen-bond acceptors (Lipinski definition) is 4. The third-order valence-electron chi connectivity index (χ3n) is 2.02. The first-order valence-electron chi connectivity index (χ1n) is 4.56. The molecule has 0 spiro atoms. The summed E-state index contributed by atoms with van der Waals surface area (Å²) in [4.78, 5) is -0.0637. The van der Waals surface area contributed by atoms with Gasteiger partial charge in [-0.3, -0.25) is 9.82 Å². The van der Waals surface area contributed by atoms with E-state index in [2.05, 4.69) is 14.9 Å². The average molecular weight is 273 g/mol. The summed E-state index contributed by atoms with van der Waals surface area (Å²) in [6.45, 7) is 0. The molecule has 0 atom stereocenters. The molecule has 0 aliphatic rings. The number of rotatable bonds is 3. The molecule has 1 aromatic heterocycles. The highest BCUT2D eigenvalue weighted by Crippen LogP contribution is 2.24. The fourth-order valence-corrected chi connectivity index (χ4v) is 2.69. The largest absolute Gasteiger partial charge is 0.398 e. The second-order valence-electron chi connectivity index (χ2n) is 3.27. The summed E-state index contributed by atoms with van der Waals surface area (Å²) in [5.74, 6) is 0. The van der Waals surface area contributed by atoms with Crippen molar-refractivity contribution in [1.29, 1.82) is 0 Å². The number of hydrogen-bond donors (Lipinski definition) is 3. The highest BCUT2D eigenvalue weighted by atomic mass is 35.5. The fourth-order valence-electron chi connectivity index (χ4n) is 1.26. The summed E-state index contributed by atoms with van der Waals surface area (Å²) < 4.78 is 26.3. The van der Waals surface area contributed by atoms with E-state index in [1.165, 1.54) is 30.6 Å². The third-order valence-corrected chi connectivity index (χ3v) is 3.69. The van der Waals surface area contributed by atoms with Gasteiger partial charge in [-0.05, 0) is 18.2 Å². The van der Waals surface area contributed by atoms with Gasteiger partial charge in [0, 0.05) is 11.2 Å². The topological polar surface area (TPSA) is 101 Å². The minimum absolute atomic E-state index is 0.0637. The molecule has 0 aliphatic carbocycles. The van der Waals surface area contributed by atoms with Crippen LogP contribution in [0.4, 0.5) is 11.4 Å². The second-order valence-corrected chi connectivity index (χ2v) is 5.36. The lowest BCUT2D eigenvalue weighted by atomic mass is 10.3. The highest BCUT2D eigenvalue weighted by Gasteiger charge is 2.18. The van der Waals surface area contributed by atoms with Gasteiger partial charge >= 0.3 is 0 Å². The molecular weight excluding hydrogens is 264 g/mol. The number of nitrogens with zero attached hydrogens (tertiary/aromatic N) is 1. The maximum atomic E-state index is 12.0. The van der Waals surface area contributed by atoms with E-state index in [0.717, 1.165) is 0 Å². The Kier molecular flexibility index (Phi) is 2.95. The molecule has 2 aromatic rings. The van der Waals surface area contributed by atoms with Crippen LogP contribution < -0.4 is 10.5 Å². The molecule has 0 aliphatic heterocycles. The number of nitrogen functional groups attached to an aromatic ring is 1. The van der Waals surface area contributed by atoms with Gasteiger partial charge in [0.05, 0.1) is 17.6 Å². The predicted octanol–water partition coefficient (Wildman–Crippen LogP) is 1.45. The summed E-state index contributed by atoms with van der Waals surface area (Å²) in [7, 11) is -3.76. The van der Waals surface area contributed by atoms with Crippen molar-refractivity contribution in [3.63, 3.8) is 0 Å².